The van der Waals surface area contributed by atoms with E-state index in [1.165, 1.54) is 12.5 Å². The van der Waals surface area contributed by atoms with Crippen LogP contribution in [0, 0.1) is 5.92 Å². The Morgan fingerprint density at radius 1 is 1.28 bits per heavy atom. The first-order valence-corrected chi connectivity index (χ1v) is 10.0. The predicted octanol–water partition coefficient (Wildman–Crippen LogP) is 4.02. The van der Waals surface area contributed by atoms with Crippen LogP contribution in [0.5, 0.6) is 5.75 Å². The second kappa shape index (κ2) is 11.4. The zero-order chi connectivity index (χ0) is 19.9. The number of likely N-dealkylation sites (tertiary alicyclic amines) is 1. The van der Waals surface area contributed by atoms with Gasteiger partial charge in [0.1, 0.15) is 18.5 Å². The number of anilines is 1. The van der Waals surface area contributed by atoms with Crippen molar-refractivity contribution < 1.29 is 14.6 Å². The second-order valence-corrected chi connectivity index (χ2v) is 7.82. The maximum absolute atomic E-state index is 11.3. The molecule has 1 aliphatic heterocycles. The summed E-state index contributed by atoms with van der Waals surface area (Å²) in [5.74, 6) is 1.01. The van der Waals surface area contributed by atoms with Crippen LogP contribution in [-0.4, -0.2) is 48.3 Å². The Labute approximate surface area is 183 Å². The highest BCUT2D eigenvalue weighted by molar-refractivity contribution is 6.30. The summed E-state index contributed by atoms with van der Waals surface area (Å²) in [7, 11) is 0. The standard InChI is InChI=1S/C22H27ClN2O3.ClH/c1-16(26)24-21-4-2-3-5-22(21)28-15-20(27)14-25-11-10-18(13-25)12-17-6-8-19(23)9-7-17;/h2-9,18,20,27H,10-15H2,1H3,(H,24,26);1H/t18-,20-;/m1./s1. The van der Waals surface area contributed by atoms with Crippen molar-refractivity contribution >= 4 is 35.6 Å². The van der Waals surface area contributed by atoms with Gasteiger partial charge in [0.15, 0.2) is 0 Å². The Balaban J connectivity index is 0.00000300. The largest absolute Gasteiger partial charge is 0.489 e. The number of rotatable bonds is 8. The number of ether oxygens (including phenoxy) is 1. The fourth-order valence-electron chi connectivity index (χ4n) is 3.62. The summed E-state index contributed by atoms with van der Waals surface area (Å²) in [6.45, 7) is 4.19. The van der Waals surface area contributed by atoms with Gasteiger partial charge in [-0.3, -0.25) is 4.79 Å². The smallest absolute Gasteiger partial charge is 0.221 e. The van der Waals surface area contributed by atoms with Gasteiger partial charge in [-0.05, 0) is 55.1 Å². The second-order valence-electron chi connectivity index (χ2n) is 7.39. The monoisotopic (exact) mass is 438 g/mol. The Bertz CT molecular complexity index is 786. The van der Waals surface area contributed by atoms with Crippen molar-refractivity contribution in [1.82, 2.24) is 4.90 Å². The average molecular weight is 439 g/mol. The van der Waals surface area contributed by atoms with Crippen LogP contribution < -0.4 is 10.1 Å². The highest BCUT2D eigenvalue weighted by Crippen LogP contribution is 2.25. The van der Waals surface area contributed by atoms with Gasteiger partial charge in [-0.2, -0.15) is 0 Å². The van der Waals surface area contributed by atoms with Crippen molar-refractivity contribution in [2.75, 3.05) is 31.6 Å². The maximum Gasteiger partial charge on any atom is 0.221 e. The van der Waals surface area contributed by atoms with E-state index in [0.29, 0.717) is 23.9 Å². The van der Waals surface area contributed by atoms with Gasteiger partial charge in [0.05, 0.1) is 5.69 Å². The van der Waals surface area contributed by atoms with Crippen LogP contribution in [0.1, 0.15) is 18.9 Å². The lowest BCUT2D eigenvalue weighted by Crippen LogP contribution is -2.34. The lowest BCUT2D eigenvalue weighted by atomic mass is 9.99. The van der Waals surface area contributed by atoms with Gasteiger partial charge in [0.25, 0.3) is 0 Å². The molecule has 0 aliphatic carbocycles. The number of aliphatic hydroxyl groups is 1. The molecule has 2 aromatic rings. The van der Waals surface area contributed by atoms with E-state index in [0.717, 1.165) is 31.0 Å². The number of carbonyl (C=O) groups excluding carboxylic acids is 1. The van der Waals surface area contributed by atoms with Crippen molar-refractivity contribution in [2.24, 2.45) is 5.92 Å². The van der Waals surface area contributed by atoms with Crippen LogP contribution in [0.2, 0.25) is 5.02 Å². The summed E-state index contributed by atoms with van der Waals surface area (Å²) in [6, 6.07) is 15.3. The number of hydrogen-bond acceptors (Lipinski definition) is 4. The summed E-state index contributed by atoms with van der Waals surface area (Å²) >= 11 is 5.95. The Morgan fingerprint density at radius 2 is 2.00 bits per heavy atom. The zero-order valence-electron chi connectivity index (χ0n) is 16.5. The third kappa shape index (κ3) is 7.52. The topological polar surface area (TPSA) is 61.8 Å². The Kier molecular flexibility index (Phi) is 9.24. The molecule has 2 aromatic carbocycles. The number of halogens is 2. The molecular weight excluding hydrogens is 411 g/mol. The minimum Gasteiger partial charge on any atom is -0.489 e. The van der Waals surface area contributed by atoms with E-state index in [1.807, 2.05) is 24.3 Å². The molecule has 1 heterocycles. The number of carbonyl (C=O) groups is 1. The summed E-state index contributed by atoms with van der Waals surface area (Å²) in [5, 5.41) is 13.9. The lowest BCUT2D eigenvalue weighted by Gasteiger charge is -2.21. The van der Waals surface area contributed by atoms with E-state index in [9.17, 15) is 9.90 Å². The molecule has 2 atom stereocenters. The van der Waals surface area contributed by atoms with Crippen molar-refractivity contribution in [1.29, 1.82) is 0 Å². The van der Waals surface area contributed by atoms with Crippen molar-refractivity contribution in [2.45, 2.75) is 25.9 Å². The van der Waals surface area contributed by atoms with Crippen molar-refractivity contribution in [3.8, 4) is 5.75 Å². The van der Waals surface area contributed by atoms with Gasteiger partial charge in [0, 0.05) is 25.0 Å². The first-order chi connectivity index (χ1) is 13.5. The minimum atomic E-state index is -0.584. The van der Waals surface area contributed by atoms with Gasteiger partial charge in [-0.25, -0.2) is 0 Å². The number of amides is 1. The molecule has 0 radical (unpaired) electrons. The van der Waals surface area contributed by atoms with Crippen LogP contribution in [0.15, 0.2) is 48.5 Å². The first-order valence-electron chi connectivity index (χ1n) is 9.64. The molecule has 1 saturated heterocycles. The van der Waals surface area contributed by atoms with Gasteiger partial charge in [-0.15, -0.1) is 12.4 Å². The van der Waals surface area contributed by atoms with E-state index in [2.05, 4.69) is 22.3 Å². The minimum absolute atomic E-state index is 0. The molecule has 158 valence electrons. The molecule has 1 fully saturated rings. The third-order valence-electron chi connectivity index (χ3n) is 4.91. The summed E-state index contributed by atoms with van der Waals surface area (Å²) in [6.07, 6.45) is 1.58. The summed E-state index contributed by atoms with van der Waals surface area (Å²) in [5.41, 5.74) is 1.92. The molecule has 2 N–H and O–H groups in total. The highest BCUT2D eigenvalue weighted by atomic mass is 35.5. The quantitative estimate of drug-likeness (QED) is 0.652. The average Bonchev–Trinajstić information content (AvgIpc) is 3.09. The molecule has 0 spiro atoms. The Morgan fingerprint density at radius 3 is 2.72 bits per heavy atom. The number of nitrogens with zero attached hydrogens (tertiary/aromatic N) is 1. The summed E-state index contributed by atoms with van der Waals surface area (Å²) in [4.78, 5) is 13.6. The fourth-order valence-corrected chi connectivity index (χ4v) is 3.75. The maximum atomic E-state index is 11.3. The molecule has 5 nitrogen and oxygen atoms in total. The molecular formula is C22H28Cl2N2O3. The number of para-hydroxylation sites is 2. The summed E-state index contributed by atoms with van der Waals surface area (Å²) < 4.78 is 5.74. The van der Waals surface area contributed by atoms with Crippen LogP contribution in [0.4, 0.5) is 5.69 Å². The molecule has 1 amide bonds. The van der Waals surface area contributed by atoms with Crippen molar-refractivity contribution in [3.05, 3.63) is 59.1 Å². The Hall–Kier alpha value is -1.79. The molecule has 3 rings (SSSR count). The number of hydrogen-bond donors (Lipinski definition) is 2. The first kappa shape index (κ1) is 23.5. The lowest BCUT2D eigenvalue weighted by molar-refractivity contribution is -0.114. The molecule has 29 heavy (non-hydrogen) atoms. The molecule has 1 aliphatic rings. The van der Waals surface area contributed by atoms with Crippen LogP contribution in [0.25, 0.3) is 0 Å². The van der Waals surface area contributed by atoms with Gasteiger partial charge >= 0.3 is 0 Å². The predicted molar refractivity (Wildman–Crippen MR) is 119 cm³/mol. The fraction of sp³-hybridized carbons (Fsp3) is 0.409. The van der Waals surface area contributed by atoms with Crippen LogP contribution >= 0.6 is 24.0 Å². The number of β-amino-alcohol motifs (C(OH)–C–C–N with tert-alkyl or cyclic N) is 1. The van der Waals surface area contributed by atoms with E-state index < -0.39 is 6.10 Å². The molecule has 0 saturated carbocycles. The van der Waals surface area contributed by atoms with Gasteiger partial charge in [0.2, 0.25) is 5.91 Å². The van der Waals surface area contributed by atoms with E-state index in [4.69, 9.17) is 16.3 Å². The van der Waals surface area contributed by atoms with Gasteiger partial charge < -0.3 is 20.1 Å². The normalized spacial score (nSPS) is 17.4. The van der Waals surface area contributed by atoms with Crippen LogP contribution in [-0.2, 0) is 11.2 Å². The number of nitrogens with one attached hydrogen (secondary N) is 1. The molecule has 0 aromatic heterocycles. The van der Waals surface area contributed by atoms with Gasteiger partial charge in [-0.1, -0.05) is 35.9 Å². The zero-order valence-corrected chi connectivity index (χ0v) is 18.1. The number of benzene rings is 2. The van der Waals surface area contributed by atoms with E-state index in [-0.39, 0.29) is 24.9 Å². The molecule has 0 bridgehead atoms. The molecule has 7 heteroatoms. The van der Waals surface area contributed by atoms with Crippen molar-refractivity contribution in [3.63, 3.8) is 0 Å². The van der Waals surface area contributed by atoms with Crippen LogP contribution in [0.3, 0.4) is 0 Å². The van der Waals surface area contributed by atoms with E-state index >= 15 is 0 Å². The number of aliphatic hydroxyl groups excluding tert-OH is 1. The highest BCUT2D eigenvalue weighted by Gasteiger charge is 2.24. The SMILES string of the molecule is CC(=O)Nc1ccccc1OC[C@H](O)CN1CC[C@H](Cc2ccc(Cl)cc2)C1.Cl. The van der Waals surface area contributed by atoms with E-state index in [1.54, 1.807) is 12.1 Å². The molecule has 0 unspecified atom stereocenters. The third-order valence-corrected chi connectivity index (χ3v) is 5.16.